The molecule has 0 aliphatic carbocycles. The highest BCUT2D eigenvalue weighted by molar-refractivity contribution is 7.17. The fourth-order valence-electron chi connectivity index (χ4n) is 1.43. The molecule has 0 radical (unpaired) electrons. The monoisotopic (exact) mass is 221 g/mol. The normalized spacial score (nSPS) is 11.9. The number of aliphatic hydroxyl groups is 1. The van der Waals surface area contributed by atoms with Crippen molar-refractivity contribution in [1.29, 1.82) is 0 Å². The van der Waals surface area contributed by atoms with Gasteiger partial charge in [0.15, 0.2) is 0 Å². The first-order valence-corrected chi connectivity index (χ1v) is 5.87. The van der Waals surface area contributed by atoms with Gasteiger partial charge in [-0.25, -0.2) is 0 Å². The van der Waals surface area contributed by atoms with Crippen molar-refractivity contribution in [2.24, 2.45) is 0 Å². The number of hydrogen-bond donors (Lipinski definition) is 2. The molecule has 0 saturated carbocycles. The molecule has 2 aromatic rings. The standard InChI is InChI=1S/C12H15NOS/c1-12(2,14)8-13-10-7-15-11-6-4-3-5-9(10)11/h3-7,13-14H,8H2,1-2H3. The summed E-state index contributed by atoms with van der Waals surface area (Å²) >= 11 is 1.72. The zero-order valence-corrected chi connectivity index (χ0v) is 9.77. The molecular weight excluding hydrogens is 206 g/mol. The third kappa shape index (κ3) is 2.49. The summed E-state index contributed by atoms with van der Waals surface area (Å²) in [5, 5.41) is 16.2. The molecule has 0 aliphatic rings. The van der Waals surface area contributed by atoms with Gasteiger partial charge in [0.2, 0.25) is 0 Å². The highest BCUT2D eigenvalue weighted by atomic mass is 32.1. The Labute approximate surface area is 93.6 Å². The fraction of sp³-hybridized carbons (Fsp3) is 0.333. The summed E-state index contributed by atoms with van der Waals surface area (Å²) in [6, 6.07) is 8.27. The van der Waals surface area contributed by atoms with Crippen molar-refractivity contribution in [3.8, 4) is 0 Å². The van der Waals surface area contributed by atoms with Gasteiger partial charge in [0.05, 0.1) is 11.3 Å². The van der Waals surface area contributed by atoms with Crippen LogP contribution in [0, 0.1) is 0 Å². The summed E-state index contributed by atoms with van der Waals surface area (Å²) in [5.74, 6) is 0. The Hall–Kier alpha value is -1.06. The molecule has 0 saturated heterocycles. The lowest BCUT2D eigenvalue weighted by atomic mass is 10.1. The minimum atomic E-state index is -0.678. The van der Waals surface area contributed by atoms with Gasteiger partial charge in [0.1, 0.15) is 0 Å². The van der Waals surface area contributed by atoms with Crippen molar-refractivity contribution < 1.29 is 5.11 Å². The highest BCUT2D eigenvalue weighted by Gasteiger charge is 2.12. The summed E-state index contributed by atoms with van der Waals surface area (Å²) < 4.78 is 1.27. The predicted molar refractivity (Wildman–Crippen MR) is 66.6 cm³/mol. The summed E-state index contributed by atoms with van der Waals surface area (Å²) in [7, 11) is 0. The topological polar surface area (TPSA) is 32.3 Å². The Morgan fingerprint density at radius 3 is 2.80 bits per heavy atom. The van der Waals surface area contributed by atoms with Crippen molar-refractivity contribution in [2.75, 3.05) is 11.9 Å². The molecule has 15 heavy (non-hydrogen) atoms. The Bertz CT molecular complexity index is 456. The Morgan fingerprint density at radius 2 is 2.07 bits per heavy atom. The largest absolute Gasteiger partial charge is 0.389 e. The van der Waals surface area contributed by atoms with Gasteiger partial charge in [-0.3, -0.25) is 0 Å². The van der Waals surface area contributed by atoms with Crippen LogP contribution in [0.25, 0.3) is 10.1 Å². The van der Waals surface area contributed by atoms with E-state index in [4.69, 9.17) is 0 Å². The molecule has 1 heterocycles. The molecule has 3 heteroatoms. The van der Waals surface area contributed by atoms with Crippen LogP contribution in [-0.2, 0) is 0 Å². The molecule has 1 aromatic heterocycles. The van der Waals surface area contributed by atoms with Gasteiger partial charge in [-0.05, 0) is 19.9 Å². The summed E-state index contributed by atoms with van der Waals surface area (Å²) in [4.78, 5) is 0. The Morgan fingerprint density at radius 1 is 1.33 bits per heavy atom. The molecule has 1 aromatic carbocycles. The number of rotatable bonds is 3. The van der Waals surface area contributed by atoms with Crippen LogP contribution in [0.1, 0.15) is 13.8 Å². The van der Waals surface area contributed by atoms with Crippen LogP contribution in [0.2, 0.25) is 0 Å². The highest BCUT2D eigenvalue weighted by Crippen LogP contribution is 2.29. The SMILES string of the molecule is CC(C)(O)CNc1csc2ccccc12. The molecule has 2 nitrogen and oxygen atoms in total. The van der Waals surface area contributed by atoms with Gasteiger partial charge in [-0.2, -0.15) is 0 Å². The van der Waals surface area contributed by atoms with Gasteiger partial charge in [0, 0.05) is 22.0 Å². The predicted octanol–water partition coefficient (Wildman–Crippen LogP) is 3.08. The number of fused-ring (bicyclic) bond motifs is 1. The first-order chi connectivity index (χ1) is 7.06. The lowest BCUT2D eigenvalue weighted by Crippen LogP contribution is -2.29. The number of nitrogens with one attached hydrogen (secondary N) is 1. The van der Waals surface area contributed by atoms with Crippen molar-refractivity contribution >= 4 is 27.1 Å². The lowest BCUT2D eigenvalue weighted by Gasteiger charge is -2.18. The second-order valence-electron chi connectivity index (χ2n) is 4.31. The molecule has 0 bridgehead atoms. The second kappa shape index (κ2) is 3.83. The van der Waals surface area contributed by atoms with Gasteiger partial charge < -0.3 is 10.4 Å². The number of benzene rings is 1. The quantitative estimate of drug-likeness (QED) is 0.834. The van der Waals surface area contributed by atoms with Crippen LogP contribution in [0.5, 0.6) is 0 Å². The Balaban J connectivity index is 2.22. The van der Waals surface area contributed by atoms with E-state index in [2.05, 4.69) is 22.8 Å². The average Bonchev–Trinajstić information content (AvgIpc) is 2.57. The Kier molecular flexibility index (Phi) is 2.67. The summed E-state index contributed by atoms with van der Waals surface area (Å²) in [6.45, 7) is 4.16. The number of anilines is 1. The van der Waals surface area contributed by atoms with E-state index in [0.29, 0.717) is 6.54 Å². The second-order valence-corrected chi connectivity index (χ2v) is 5.22. The van der Waals surface area contributed by atoms with Gasteiger partial charge in [-0.1, -0.05) is 18.2 Å². The molecule has 0 fully saturated rings. The van der Waals surface area contributed by atoms with Crippen LogP contribution in [0.3, 0.4) is 0 Å². The van der Waals surface area contributed by atoms with Crippen molar-refractivity contribution in [3.05, 3.63) is 29.6 Å². The van der Waals surface area contributed by atoms with Gasteiger partial charge >= 0.3 is 0 Å². The van der Waals surface area contributed by atoms with Crippen LogP contribution in [-0.4, -0.2) is 17.3 Å². The minimum absolute atomic E-state index is 0.563. The minimum Gasteiger partial charge on any atom is -0.389 e. The third-order valence-corrected chi connectivity index (χ3v) is 3.16. The summed E-state index contributed by atoms with van der Waals surface area (Å²) in [5.41, 5.74) is 0.431. The first-order valence-electron chi connectivity index (χ1n) is 4.99. The summed E-state index contributed by atoms with van der Waals surface area (Å²) in [6.07, 6.45) is 0. The van der Waals surface area contributed by atoms with E-state index in [1.165, 1.54) is 10.1 Å². The van der Waals surface area contributed by atoms with E-state index in [-0.39, 0.29) is 0 Å². The van der Waals surface area contributed by atoms with Crippen molar-refractivity contribution in [2.45, 2.75) is 19.4 Å². The maximum Gasteiger partial charge on any atom is 0.0763 e. The smallest absolute Gasteiger partial charge is 0.0763 e. The van der Waals surface area contributed by atoms with Crippen molar-refractivity contribution in [3.63, 3.8) is 0 Å². The number of thiophene rings is 1. The van der Waals surface area contributed by atoms with E-state index in [0.717, 1.165) is 5.69 Å². The molecule has 0 spiro atoms. The fourth-order valence-corrected chi connectivity index (χ4v) is 2.34. The lowest BCUT2D eigenvalue weighted by molar-refractivity contribution is 0.0945. The van der Waals surface area contributed by atoms with E-state index in [9.17, 15) is 5.11 Å². The van der Waals surface area contributed by atoms with Crippen molar-refractivity contribution in [1.82, 2.24) is 0 Å². The molecule has 0 unspecified atom stereocenters. The molecule has 0 amide bonds. The average molecular weight is 221 g/mol. The third-order valence-electron chi connectivity index (χ3n) is 2.19. The zero-order valence-electron chi connectivity index (χ0n) is 8.95. The van der Waals surface area contributed by atoms with E-state index in [1.807, 2.05) is 12.1 Å². The molecule has 2 N–H and O–H groups in total. The van der Waals surface area contributed by atoms with Crippen LogP contribution >= 0.6 is 11.3 Å². The molecular formula is C12H15NOS. The van der Waals surface area contributed by atoms with E-state index >= 15 is 0 Å². The maximum absolute atomic E-state index is 9.63. The zero-order chi connectivity index (χ0) is 10.9. The van der Waals surface area contributed by atoms with Crippen LogP contribution in [0.4, 0.5) is 5.69 Å². The van der Waals surface area contributed by atoms with Crippen LogP contribution in [0.15, 0.2) is 29.6 Å². The number of hydrogen-bond acceptors (Lipinski definition) is 3. The molecule has 2 rings (SSSR count). The molecule has 0 atom stereocenters. The van der Waals surface area contributed by atoms with Gasteiger partial charge in [-0.15, -0.1) is 11.3 Å². The van der Waals surface area contributed by atoms with Crippen LogP contribution < -0.4 is 5.32 Å². The molecule has 0 aliphatic heterocycles. The first kappa shape index (κ1) is 10.5. The molecule has 80 valence electrons. The van der Waals surface area contributed by atoms with E-state index < -0.39 is 5.60 Å². The maximum atomic E-state index is 9.63. The van der Waals surface area contributed by atoms with Gasteiger partial charge in [0.25, 0.3) is 0 Å². The van der Waals surface area contributed by atoms with E-state index in [1.54, 1.807) is 25.2 Å².